The van der Waals surface area contributed by atoms with Gasteiger partial charge in [-0.3, -0.25) is 9.36 Å². The lowest BCUT2D eigenvalue weighted by atomic mass is 10.1. The number of rotatable bonds is 6. The third kappa shape index (κ3) is 4.42. The maximum atomic E-state index is 13.2. The van der Waals surface area contributed by atoms with Gasteiger partial charge in [0.1, 0.15) is 5.82 Å². The standard InChI is InChI=1S/C24H14Cl2FN3OS2/c25-15-7-11-17(12-8-15)30-23(22-21(26)18-3-1-2-4-20(18)33-22)28-29-24(30)32-13-19(31)14-5-9-16(27)10-6-14/h1-12H,13H2. The zero-order chi connectivity index (χ0) is 22.9. The van der Waals surface area contributed by atoms with Crippen LogP contribution in [0.1, 0.15) is 10.4 Å². The van der Waals surface area contributed by atoms with E-state index in [1.165, 1.54) is 47.4 Å². The van der Waals surface area contributed by atoms with Crippen LogP contribution in [0.4, 0.5) is 4.39 Å². The monoisotopic (exact) mass is 513 g/mol. The van der Waals surface area contributed by atoms with E-state index in [1.807, 2.05) is 41.0 Å². The number of benzene rings is 3. The van der Waals surface area contributed by atoms with E-state index in [9.17, 15) is 9.18 Å². The van der Waals surface area contributed by atoms with Gasteiger partial charge in [0.25, 0.3) is 0 Å². The van der Waals surface area contributed by atoms with Gasteiger partial charge in [-0.1, -0.05) is 53.2 Å². The van der Waals surface area contributed by atoms with Crippen LogP contribution in [0.25, 0.3) is 26.5 Å². The van der Waals surface area contributed by atoms with Crippen molar-refractivity contribution in [1.82, 2.24) is 14.8 Å². The highest BCUT2D eigenvalue weighted by Crippen LogP contribution is 2.42. The highest BCUT2D eigenvalue weighted by molar-refractivity contribution is 7.99. The van der Waals surface area contributed by atoms with Gasteiger partial charge in [0, 0.05) is 26.4 Å². The fourth-order valence-electron chi connectivity index (χ4n) is 3.34. The second-order valence-electron chi connectivity index (χ2n) is 7.08. The quantitative estimate of drug-likeness (QED) is 0.173. The summed E-state index contributed by atoms with van der Waals surface area (Å²) in [6.07, 6.45) is 0. The van der Waals surface area contributed by atoms with Crippen molar-refractivity contribution in [1.29, 1.82) is 0 Å². The summed E-state index contributed by atoms with van der Waals surface area (Å²) in [5.74, 6) is 0.191. The average molecular weight is 514 g/mol. The Labute approximate surface area is 207 Å². The first kappa shape index (κ1) is 22.1. The molecule has 3 aromatic carbocycles. The minimum atomic E-state index is -0.383. The first-order valence-corrected chi connectivity index (χ1v) is 12.4. The van der Waals surface area contributed by atoms with E-state index in [1.54, 1.807) is 12.1 Å². The lowest BCUT2D eigenvalue weighted by Gasteiger charge is -2.10. The number of halogens is 3. The molecule has 33 heavy (non-hydrogen) atoms. The van der Waals surface area contributed by atoms with Gasteiger partial charge in [0.2, 0.25) is 0 Å². The molecule has 5 aromatic rings. The van der Waals surface area contributed by atoms with Crippen LogP contribution in [0.5, 0.6) is 0 Å². The molecule has 4 nitrogen and oxygen atoms in total. The second kappa shape index (κ2) is 9.27. The van der Waals surface area contributed by atoms with Crippen molar-refractivity contribution in [2.75, 3.05) is 5.75 Å². The summed E-state index contributed by atoms with van der Waals surface area (Å²) in [6.45, 7) is 0. The third-order valence-electron chi connectivity index (χ3n) is 4.95. The molecule has 0 amide bonds. The minimum Gasteiger partial charge on any atom is -0.293 e. The largest absolute Gasteiger partial charge is 0.293 e. The zero-order valence-electron chi connectivity index (χ0n) is 16.8. The molecule has 9 heteroatoms. The topological polar surface area (TPSA) is 47.8 Å². The molecule has 0 saturated carbocycles. The van der Waals surface area contributed by atoms with Crippen molar-refractivity contribution in [2.45, 2.75) is 5.16 Å². The van der Waals surface area contributed by atoms with E-state index >= 15 is 0 Å². The van der Waals surface area contributed by atoms with Crippen LogP contribution >= 0.6 is 46.3 Å². The number of carbonyl (C=O) groups is 1. The lowest BCUT2D eigenvalue weighted by molar-refractivity contribution is 0.102. The number of hydrogen-bond acceptors (Lipinski definition) is 5. The van der Waals surface area contributed by atoms with Crippen molar-refractivity contribution in [3.63, 3.8) is 0 Å². The van der Waals surface area contributed by atoms with E-state index < -0.39 is 0 Å². The lowest BCUT2D eigenvalue weighted by Crippen LogP contribution is -2.05. The predicted molar refractivity (Wildman–Crippen MR) is 134 cm³/mol. The number of thioether (sulfide) groups is 1. The number of fused-ring (bicyclic) bond motifs is 1. The molecular formula is C24H14Cl2FN3OS2. The van der Waals surface area contributed by atoms with E-state index in [0.717, 1.165) is 20.7 Å². The van der Waals surface area contributed by atoms with Crippen LogP contribution in [-0.4, -0.2) is 26.3 Å². The molecule has 0 saturated heterocycles. The number of hydrogen-bond donors (Lipinski definition) is 0. The number of ketones is 1. The van der Waals surface area contributed by atoms with Crippen LogP contribution in [0.2, 0.25) is 10.0 Å². The molecule has 0 N–H and O–H groups in total. The molecule has 0 aliphatic carbocycles. The summed E-state index contributed by atoms with van der Waals surface area (Å²) in [5.41, 5.74) is 1.24. The van der Waals surface area contributed by atoms with Gasteiger partial charge in [0.05, 0.1) is 15.7 Å². The summed E-state index contributed by atoms with van der Waals surface area (Å²) in [7, 11) is 0. The van der Waals surface area contributed by atoms with Gasteiger partial charge in [0.15, 0.2) is 16.8 Å². The molecule has 5 rings (SSSR count). The van der Waals surface area contributed by atoms with Crippen molar-refractivity contribution in [2.24, 2.45) is 0 Å². The molecular weight excluding hydrogens is 500 g/mol. The van der Waals surface area contributed by atoms with Gasteiger partial charge in [-0.2, -0.15) is 0 Å². The van der Waals surface area contributed by atoms with Crippen LogP contribution in [0, 0.1) is 5.82 Å². The van der Waals surface area contributed by atoms with Crippen LogP contribution < -0.4 is 0 Å². The van der Waals surface area contributed by atoms with E-state index in [4.69, 9.17) is 23.2 Å². The van der Waals surface area contributed by atoms with E-state index in [2.05, 4.69) is 10.2 Å². The van der Waals surface area contributed by atoms with Gasteiger partial charge in [-0.15, -0.1) is 21.5 Å². The summed E-state index contributed by atoms with van der Waals surface area (Å²) in [4.78, 5) is 13.4. The smallest absolute Gasteiger partial charge is 0.196 e. The second-order valence-corrected chi connectivity index (χ2v) is 9.89. The first-order chi connectivity index (χ1) is 16.0. The Morgan fingerprint density at radius 3 is 2.42 bits per heavy atom. The molecule has 0 unspecified atom stereocenters. The fraction of sp³-hybridized carbons (Fsp3) is 0.0417. The number of aromatic nitrogens is 3. The Morgan fingerprint density at radius 1 is 0.970 bits per heavy atom. The van der Waals surface area contributed by atoms with E-state index in [-0.39, 0.29) is 17.4 Å². The Kier molecular flexibility index (Phi) is 6.21. The highest BCUT2D eigenvalue weighted by atomic mass is 35.5. The van der Waals surface area contributed by atoms with Crippen LogP contribution in [-0.2, 0) is 0 Å². The normalized spacial score (nSPS) is 11.2. The van der Waals surface area contributed by atoms with Gasteiger partial charge >= 0.3 is 0 Å². The Balaban J connectivity index is 1.55. The van der Waals surface area contributed by atoms with Gasteiger partial charge in [-0.05, 0) is 54.6 Å². The number of thiophene rings is 1. The average Bonchev–Trinajstić information content (AvgIpc) is 3.39. The number of nitrogens with zero attached hydrogens (tertiary/aromatic N) is 3. The molecule has 0 atom stereocenters. The van der Waals surface area contributed by atoms with Crippen LogP contribution in [0.15, 0.2) is 78.0 Å². The van der Waals surface area contributed by atoms with Crippen molar-refractivity contribution < 1.29 is 9.18 Å². The molecule has 0 fully saturated rings. The van der Waals surface area contributed by atoms with Gasteiger partial charge < -0.3 is 0 Å². The Morgan fingerprint density at radius 2 is 1.70 bits per heavy atom. The molecule has 2 aromatic heterocycles. The van der Waals surface area contributed by atoms with Crippen molar-refractivity contribution in [3.8, 4) is 16.4 Å². The summed E-state index contributed by atoms with van der Waals surface area (Å²) in [6, 6.07) is 20.7. The summed E-state index contributed by atoms with van der Waals surface area (Å²) >= 11 is 15.6. The summed E-state index contributed by atoms with van der Waals surface area (Å²) < 4.78 is 16.1. The number of carbonyl (C=O) groups excluding carboxylic acids is 1. The maximum absolute atomic E-state index is 13.2. The molecule has 0 spiro atoms. The first-order valence-electron chi connectivity index (χ1n) is 9.81. The minimum absolute atomic E-state index is 0.123. The highest BCUT2D eigenvalue weighted by Gasteiger charge is 2.22. The predicted octanol–water partition coefficient (Wildman–Crippen LogP) is 7.57. The molecule has 164 valence electrons. The molecule has 0 aliphatic heterocycles. The maximum Gasteiger partial charge on any atom is 0.196 e. The molecule has 2 heterocycles. The Bertz CT molecular complexity index is 1460. The molecule has 0 aliphatic rings. The third-order valence-corrected chi connectivity index (χ3v) is 7.81. The van der Waals surface area contributed by atoms with Crippen LogP contribution in [0.3, 0.4) is 0 Å². The molecule has 0 radical (unpaired) electrons. The van der Waals surface area contributed by atoms with Crippen molar-refractivity contribution >= 4 is 62.2 Å². The summed E-state index contributed by atoms with van der Waals surface area (Å²) in [5, 5.41) is 11.5. The SMILES string of the molecule is O=C(CSc1nnc(-c2sc3ccccc3c2Cl)n1-c1ccc(Cl)cc1)c1ccc(F)cc1. The fourth-order valence-corrected chi connectivity index (χ4v) is 5.80. The zero-order valence-corrected chi connectivity index (χ0v) is 20.0. The van der Waals surface area contributed by atoms with E-state index in [0.29, 0.717) is 26.6 Å². The Hall–Kier alpha value is -2.71. The molecule has 0 bridgehead atoms. The van der Waals surface area contributed by atoms with Crippen molar-refractivity contribution in [3.05, 3.63) is 94.2 Å². The number of Topliss-reactive ketones (excluding diaryl/α,β-unsaturated/α-hetero) is 1. The van der Waals surface area contributed by atoms with Gasteiger partial charge in [-0.25, -0.2) is 4.39 Å².